The predicted molar refractivity (Wildman–Crippen MR) is 118 cm³/mol. The molecule has 2 saturated heterocycles. The summed E-state index contributed by atoms with van der Waals surface area (Å²) >= 11 is 0. The van der Waals surface area contributed by atoms with E-state index >= 15 is 0 Å². The number of benzene rings is 1. The maximum atomic E-state index is 12.7. The molecule has 1 N–H and O–H groups in total. The lowest BCUT2D eigenvalue weighted by molar-refractivity contribution is -0.118. The van der Waals surface area contributed by atoms with Crippen LogP contribution in [0.25, 0.3) is 11.1 Å². The fourth-order valence-corrected chi connectivity index (χ4v) is 3.74. The van der Waals surface area contributed by atoms with Gasteiger partial charge in [-0.25, -0.2) is 0 Å². The minimum absolute atomic E-state index is 0.0893. The first-order chi connectivity index (χ1) is 15.0. The molecule has 0 spiro atoms. The van der Waals surface area contributed by atoms with Gasteiger partial charge in [0.2, 0.25) is 5.91 Å². The summed E-state index contributed by atoms with van der Waals surface area (Å²) in [5.74, 6) is -0.0369. The highest BCUT2D eigenvalue weighted by Crippen LogP contribution is 2.30. The van der Waals surface area contributed by atoms with E-state index in [0.717, 1.165) is 37.4 Å². The zero-order valence-electron chi connectivity index (χ0n) is 18.1. The Bertz CT molecular complexity index is 950. The van der Waals surface area contributed by atoms with E-state index in [0.29, 0.717) is 30.5 Å². The van der Waals surface area contributed by atoms with Crippen molar-refractivity contribution in [2.24, 2.45) is 5.92 Å². The fourth-order valence-electron chi connectivity index (χ4n) is 3.74. The monoisotopic (exact) mass is 423 g/mol. The Morgan fingerprint density at radius 3 is 2.58 bits per heavy atom. The number of aromatic nitrogens is 1. The zero-order valence-corrected chi connectivity index (χ0v) is 18.1. The molecule has 1 aromatic carbocycles. The number of amides is 1. The van der Waals surface area contributed by atoms with Crippen molar-refractivity contribution in [3.05, 3.63) is 47.8 Å². The lowest BCUT2D eigenvalue weighted by Crippen LogP contribution is -2.41. The Labute approximate surface area is 182 Å². The Morgan fingerprint density at radius 1 is 1.13 bits per heavy atom. The fraction of sp³-hybridized carbons (Fsp3) is 0.458. The SMILES string of the molecule is CC(C)C(=O)c1ncc(-c2cccc(C3COC3)c2)cc1NC(=O)CN1CCOCC1. The number of hydrogen-bond donors (Lipinski definition) is 1. The summed E-state index contributed by atoms with van der Waals surface area (Å²) in [4.78, 5) is 31.9. The van der Waals surface area contributed by atoms with E-state index in [-0.39, 0.29) is 24.2 Å². The van der Waals surface area contributed by atoms with Crippen LogP contribution < -0.4 is 5.32 Å². The number of ether oxygens (including phenoxy) is 2. The Balaban J connectivity index is 1.59. The smallest absolute Gasteiger partial charge is 0.238 e. The number of Topliss-reactive ketones (excluding diaryl/α,β-unsaturated/α-hetero) is 1. The number of hydrogen-bond acceptors (Lipinski definition) is 6. The summed E-state index contributed by atoms with van der Waals surface area (Å²) in [6, 6.07) is 10.1. The van der Waals surface area contributed by atoms with Crippen molar-refractivity contribution in [3.63, 3.8) is 0 Å². The maximum Gasteiger partial charge on any atom is 0.238 e. The van der Waals surface area contributed by atoms with Crippen LogP contribution in [0, 0.1) is 5.92 Å². The second-order valence-electron chi connectivity index (χ2n) is 8.44. The van der Waals surface area contributed by atoms with Crippen LogP contribution >= 0.6 is 0 Å². The first kappa shape index (κ1) is 21.6. The summed E-state index contributed by atoms with van der Waals surface area (Å²) in [7, 11) is 0. The topological polar surface area (TPSA) is 80.8 Å². The number of anilines is 1. The Hall–Kier alpha value is -2.61. The van der Waals surface area contributed by atoms with Crippen molar-refractivity contribution in [2.45, 2.75) is 19.8 Å². The first-order valence-electron chi connectivity index (χ1n) is 10.8. The van der Waals surface area contributed by atoms with Gasteiger partial charge in [-0.05, 0) is 17.2 Å². The van der Waals surface area contributed by atoms with Crippen LogP contribution in [0.15, 0.2) is 36.5 Å². The highest BCUT2D eigenvalue weighted by molar-refractivity contribution is 6.05. The molecule has 7 heteroatoms. The molecule has 164 valence electrons. The average Bonchev–Trinajstić information content (AvgIpc) is 2.73. The summed E-state index contributed by atoms with van der Waals surface area (Å²) in [5.41, 5.74) is 3.86. The predicted octanol–water partition coefficient (Wildman–Crippen LogP) is 2.97. The molecule has 1 amide bonds. The van der Waals surface area contributed by atoms with Crippen LogP contribution in [0.2, 0.25) is 0 Å². The number of ketones is 1. The molecule has 2 aliphatic rings. The van der Waals surface area contributed by atoms with Crippen LogP contribution in [0.1, 0.15) is 35.8 Å². The molecule has 0 unspecified atom stereocenters. The Morgan fingerprint density at radius 2 is 1.90 bits per heavy atom. The molecular weight excluding hydrogens is 394 g/mol. The summed E-state index contributed by atoms with van der Waals surface area (Å²) in [5, 5.41) is 2.94. The van der Waals surface area contributed by atoms with E-state index in [2.05, 4.69) is 22.4 Å². The normalized spacial score (nSPS) is 17.4. The zero-order chi connectivity index (χ0) is 21.8. The second kappa shape index (κ2) is 9.68. The lowest BCUT2D eigenvalue weighted by atomic mass is 9.94. The highest BCUT2D eigenvalue weighted by Gasteiger charge is 2.22. The Kier molecular flexibility index (Phi) is 6.75. The average molecular weight is 424 g/mol. The third-order valence-corrected chi connectivity index (χ3v) is 5.72. The minimum atomic E-state index is -0.213. The van der Waals surface area contributed by atoms with Gasteiger partial charge in [0.15, 0.2) is 5.78 Å². The standard InChI is InChI=1S/C24H29N3O4/c1-16(2)24(29)23-21(26-22(28)13-27-6-8-30-9-7-27)11-19(12-25-23)17-4-3-5-18(10-17)20-14-31-15-20/h3-5,10-12,16,20H,6-9,13-15H2,1-2H3,(H,26,28). The molecule has 0 atom stereocenters. The van der Waals surface area contributed by atoms with Crippen molar-refractivity contribution >= 4 is 17.4 Å². The third kappa shape index (κ3) is 5.18. The number of carbonyl (C=O) groups excluding carboxylic acids is 2. The van der Waals surface area contributed by atoms with Crippen LogP contribution in [0.5, 0.6) is 0 Å². The number of carbonyl (C=O) groups is 2. The number of rotatable bonds is 7. The molecule has 2 aliphatic heterocycles. The van der Waals surface area contributed by atoms with Crippen molar-refractivity contribution < 1.29 is 19.1 Å². The third-order valence-electron chi connectivity index (χ3n) is 5.72. The maximum absolute atomic E-state index is 12.7. The summed E-state index contributed by atoms with van der Waals surface area (Å²) in [6.07, 6.45) is 1.71. The first-order valence-corrected chi connectivity index (χ1v) is 10.8. The molecule has 0 saturated carbocycles. The van der Waals surface area contributed by atoms with Gasteiger partial charge in [-0.1, -0.05) is 38.1 Å². The van der Waals surface area contributed by atoms with Crippen molar-refractivity contribution in [1.29, 1.82) is 0 Å². The number of pyridine rings is 1. The van der Waals surface area contributed by atoms with Crippen LogP contribution in [0.4, 0.5) is 5.69 Å². The van der Waals surface area contributed by atoms with Gasteiger partial charge in [0.05, 0.1) is 38.7 Å². The lowest BCUT2D eigenvalue weighted by Gasteiger charge is -2.26. The quantitative estimate of drug-likeness (QED) is 0.690. The van der Waals surface area contributed by atoms with Gasteiger partial charge in [-0.2, -0.15) is 0 Å². The molecule has 2 aromatic rings. The van der Waals surface area contributed by atoms with Gasteiger partial charge in [0.25, 0.3) is 0 Å². The van der Waals surface area contributed by atoms with Crippen LogP contribution in [0.3, 0.4) is 0 Å². The van der Waals surface area contributed by atoms with E-state index in [4.69, 9.17) is 9.47 Å². The molecule has 1 aromatic heterocycles. The molecule has 31 heavy (non-hydrogen) atoms. The molecule has 3 heterocycles. The van der Waals surface area contributed by atoms with Crippen LogP contribution in [-0.4, -0.2) is 67.6 Å². The van der Waals surface area contributed by atoms with E-state index < -0.39 is 0 Å². The molecule has 4 rings (SSSR count). The van der Waals surface area contributed by atoms with Gasteiger partial charge in [0.1, 0.15) is 5.69 Å². The molecule has 7 nitrogen and oxygen atoms in total. The molecular formula is C24H29N3O4. The van der Waals surface area contributed by atoms with Gasteiger partial charge < -0.3 is 14.8 Å². The largest absolute Gasteiger partial charge is 0.380 e. The van der Waals surface area contributed by atoms with Gasteiger partial charge in [-0.3, -0.25) is 19.5 Å². The van der Waals surface area contributed by atoms with Gasteiger partial charge >= 0.3 is 0 Å². The van der Waals surface area contributed by atoms with Crippen molar-refractivity contribution in [2.75, 3.05) is 51.4 Å². The number of nitrogens with one attached hydrogen (secondary N) is 1. The number of morpholine rings is 1. The number of nitrogens with zero attached hydrogens (tertiary/aromatic N) is 2. The summed E-state index contributed by atoms with van der Waals surface area (Å²) in [6.45, 7) is 8.12. The van der Waals surface area contributed by atoms with E-state index in [1.54, 1.807) is 6.20 Å². The summed E-state index contributed by atoms with van der Waals surface area (Å²) < 4.78 is 10.7. The van der Waals surface area contributed by atoms with Crippen LogP contribution in [-0.2, 0) is 14.3 Å². The molecule has 0 radical (unpaired) electrons. The molecule has 2 fully saturated rings. The second-order valence-corrected chi connectivity index (χ2v) is 8.44. The van der Waals surface area contributed by atoms with Gasteiger partial charge in [0, 0.05) is 36.7 Å². The van der Waals surface area contributed by atoms with Crippen molar-refractivity contribution in [3.8, 4) is 11.1 Å². The van der Waals surface area contributed by atoms with Crippen molar-refractivity contribution in [1.82, 2.24) is 9.88 Å². The molecule has 0 aliphatic carbocycles. The van der Waals surface area contributed by atoms with E-state index in [1.807, 2.05) is 36.9 Å². The van der Waals surface area contributed by atoms with E-state index in [9.17, 15) is 9.59 Å². The van der Waals surface area contributed by atoms with Gasteiger partial charge in [-0.15, -0.1) is 0 Å². The highest BCUT2D eigenvalue weighted by atomic mass is 16.5. The van der Waals surface area contributed by atoms with E-state index in [1.165, 1.54) is 5.56 Å². The minimum Gasteiger partial charge on any atom is -0.380 e. The molecule has 0 bridgehead atoms.